The average molecular weight is 212 g/mol. The molecule has 0 atom stereocenters. The van der Waals surface area contributed by atoms with Crippen LogP contribution in [0.25, 0.3) is 0 Å². The highest BCUT2D eigenvalue weighted by Gasteiger charge is 2.10. The Labute approximate surface area is 75.7 Å². The van der Waals surface area contributed by atoms with Crippen LogP contribution in [-0.4, -0.2) is 35.3 Å². The van der Waals surface area contributed by atoms with E-state index in [1.165, 1.54) is 7.05 Å². The van der Waals surface area contributed by atoms with Gasteiger partial charge in [-0.25, -0.2) is 4.79 Å². The van der Waals surface area contributed by atoms with Gasteiger partial charge < -0.3 is 10.1 Å². The molecule has 0 unspecified atom stereocenters. The van der Waals surface area contributed by atoms with Gasteiger partial charge in [0.1, 0.15) is 0 Å². The molecule has 0 aromatic carbocycles. The summed E-state index contributed by atoms with van der Waals surface area (Å²) in [5.41, 5.74) is 0. The number of amides is 1. The van der Waals surface area contributed by atoms with Crippen LogP contribution >= 0.6 is 8.25 Å². The summed E-state index contributed by atoms with van der Waals surface area (Å²) in [4.78, 5) is 34.9. The third kappa shape index (κ3) is 13.9. The van der Waals surface area contributed by atoms with E-state index >= 15 is 0 Å². The monoisotopic (exact) mass is 212 g/mol. The van der Waals surface area contributed by atoms with E-state index in [-0.39, 0.29) is 6.61 Å². The Bertz CT molecular complexity index is 189. The van der Waals surface area contributed by atoms with Gasteiger partial charge in [0.2, 0.25) is 0 Å². The van der Waals surface area contributed by atoms with Gasteiger partial charge in [0.15, 0.2) is 0 Å². The van der Waals surface area contributed by atoms with E-state index in [4.69, 9.17) is 14.4 Å². The van der Waals surface area contributed by atoms with E-state index in [1.54, 1.807) is 6.92 Å². The number of rotatable bonds is 1. The molecule has 0 aliphatic rings. The summed E-state index contributed by atoms with van der Waals surface area (Å²) >= 11 is 0. The summed E-state index contributed by atoms with van der Waals surface area (Å²) in [6, 6.07) is 0. The zero-order valence-corrected chi connectivity index (χ0v) is 8.08. The van der Waals surface area contributed by atoms with Gasteiger partial charge in [0.05, 0.1) is 6.61 Å². The van der Waals surface area contributed by atoms with Crippen molar-refractivity contribution in [1.29, 1.82) is 0 Å². The molecule has 3 N–H and O–H groups in total. The Hall–Kier alpha value is -1.04. The molecule has 0 fully saturated rings. The highest BCUT2D eigenvalue weighted by atomic mass is 31.1. The Balaban J connectivity index is 0. The van der Waals surface area contributed by atoms with Crippen LogP contribution in [0.15, 0.2) is 0 Å². The summed E-state index contributed by atoms with van der Waals surface area (Å²) in [7, 11) is -1.50. The smallest absolute Gasteiger partial charge is 0.459 e. The van der Waals surface area contributed by atoms with Crippen molar-refractivity contribution in [3.05, 3.63) is 0 Å². The summed E-state index contributed by atoms with van der Waals surface area (Å²) in [6.07, 6.45) is 0. The van der Waals surface area contributed by atoms with Crippen LogP contribution in [0.5, 0.6) is 0 Å². The number of carbonyl (C=O) groups is 2. The first kappa shape index (κ1) is 14.5. The van der Waals surface area contributed by atoms with Gasteiger partial charge in [0.25, 0.3) is 0 Å². The minimum atomic E-state index is -2.87. The molecule has 0 aromatic rings. The summed E-state index contributed by atoms with van der Waals surface area (Å²) in [5, 5.41) is 2.14. The number of esters is 1. The Kier molecular flexibility index (Phi) is 10.1. The molecule has 0 rings (SSSR count). The van der Waals surface area contributed by atoms with Crippen molar-refractivity contribution >= 4 is 20.1 Å². The maximum atomic E-state index is 10.3. The molecular weight excluding hydrogens is 201 g/mol. The van der Waals surface area contributed by atoms with Crippen LogP contribution in [0.2, 0.25) is 0 Å². The van der Waals surface area contributed by atoms with E-state index in [0.717, 1.165) is 0 Å². The van der Waals surface area contributed by atoms with Crippen molar-refractivity contribution in [2.24, 2.45) is 0 Å². The van der Waals surface area contributed by atoms with E-state index in [1.807, 2.05) is 0 Å². The maximum Gasteiger partial charge on any atom is 0.692 e. The molecule has 0 bridgehead atoms. The fraction of sp³-hybridized carbons (Fsp3) is 0.600. The van der Waals surface area contributed by atoms with Crippen molar-refractivity contribution in [3.8, 4) is 0 Å². The Morgan fingerprint density at radius 3 is 2.08 bits per heavy atom. The Morgan fingerprint density at radius 1 is 1.46 bits per heavy atom. The third-order valence-corrected chi connectivity index (χ3v) is 0.688. The fourth-order valence-electron chi connectivity index (χ4n) is 0.299. The van der Waals surface area contributed by atoms with Crippen molar-refractivity contribution in [1.82, 2.24) is 5.32 Å². The van der Waals surface area contributed by atoms with Crippen LogP contribution in [0.4, 0.5) is 0 Å². The highest BCUT2D eigenvalue weighted by molar-refractivity contribution is 7.30. The summed E-state index contributed by atoms with van der Waals surface area (Å²) in [5.74, 6) is -1.54. The molecular formula is C5H11NO6P+. The lowest BCUT2D eigenvalue weighted by molar-refractivity contribution is -0.154. The summed E-state index contributed by atoms with van der Waals surface area (Å²) in [6.45, 7) is 1.87. The van der Waals surface area contributed by atoms with E-state index < -0.39 is 20.1 Å². The minimum absolute atomic E-state index is 0.228. The second kappa shape index (κ2) is 9.05. The predicted molar refractivity (Wildman–Crippen MR) is 42.7 cm³/mol. The molecule has 0 aliphatic carbocycles. The molecule has 8 heteroatoms. The van der Waals surface area contributed by atoms with Gasteiger partial charge in [-0.1, -0.05) is 0 Å². The minimum Gasteiger partial charge on any atom is -0.459 e. The highest BCUT2D eigenvalue weighted by Crippen LogP contribution is 1.98. The molecule has 0 saturated carbocycles. The van der Waals surface area contributed by atoms with Crippen molar-refractivity contribution in [3.63, 3.8) is 0 Å². The van der Waals surface area contributed by atoms with E-state index in [2.05, 4.69) is 10.1 Å². The lowest BCUT2D eigenvalue weighted by atomic mass is 10.6. The van der Waals surface area contributed by atoms with Crippen molar-refractivity contribution in [2.45, 2.75) is 6.92 Å². The molecule has 76 valence electrons. The van der Waals surface area contributed by atoms with E-state index in [0.29, 0.717) is 0 Å². The molecule has 1 amide bonds. The van der Waals surface area contributed by atoms with Crippen molar-refractivity contribution < 1.29 is 28.7 Å². The lowest BCUT2D eigenvalue weighted by Crippen LogP contribution is -2.29. The van der Waals surface area contributed by atoms with Gasteiger partial charge in [-0.2, -0.15) is 0 Å². The van der Waals surface area contributed by atoms with Crippen molar-refractivity contribution in [2.75, 3.05) is 13.7 Å². The van der Waals surface area contributed by atoms with Crippen LogP contribution in [0.1, 0.15) is 6.92 Å². The number of ether oxygens (including phenoxy) is 1. The molecule has 0 saturated heterocycles. The van der Waals surface area contributed by atoms with Crippen LogP contribution in [0.3, 0.4) is 0 Å². The average Bonchev–Trinajstić information content (AvgIpc) is 2.02. The molecule has 0 heterocycles. The lowest BCUT2D eigenvalue weighted by Gasteiger charge is -1.97. The second-order valence-electron chi connectivity index (χ2n) is 1.55. The maximum absolute atomic E-state index is 10.3. The summed E-state index contributed by atoms with van der Waals surface area (Å²) < 4.78 is 13.0. The first-order chi connectivity index (χ1) is 5.95. The number of nitrogens with one attached hydrogen (secondary N) is 1. The second-order valence-corrected chi connectivity index (χ2v) is 2.06. The Morgan fingerprint density at radius 2 is 1.85 bits per heavy atom. The molecule has 13 heavy (non-hydrogen) atoms. The van der Waals surface area contributed by atoms with Crippen LogP contribution < -0.4 is 5.32 Å². The molecule has 0 spiro atoms. The van der Waals surface area contributed by atoms with Gasteiger partial charge in [-0.15, -0.1) is 9.79 Å². The predicted octanol–water partition coefficient (Wildman–Crippen LogP) is -1.08. The van der Waals surface area contributed by atoms with Gasteiger partial charge >= 0.3 is 20.1 Å². The van der Waals surface area contributed by atoms with E-state index in [9.17, 15) is 9.59 Å². The zero-order chi connectivity index (χ0) is 10.9. The SMILES string of the molecule is CCOC(=O)C(=O)NC.O=[P+](O)O. The molecule has 7 nitrogen and oxygen atoms in total. The molecule has 0 radical (unpaired) electrons. The van der Waals surface area contributed by atoms with Crippen LogP contribution in [0, 0.1) is 0 Å². The third-order valence-electron chi connectivity index (χ3n) is 0.688. The number of hydrogen-bond donors (Lipinski definition) is 3. The van der Waals surface area contributed by atoms with Crippen LogP contribution in [-0.2, 0) is 18.9 Å². The van der Waals surface area contributed by atoms with Gasteiger partial charge in [0, 0.05) is 11.6 Å². The zero-order valence-electron chi connectivity index (χ0n) is 7.18. The normalized spacial score (nSPS) is 7.69. The molecule has 0 aromatic heterocycles. The number of likely N-dealkylation sites (N-methyl/N-ethyl adjacent to an activating group) is 1. The molecule has 0 aliphatic heterocycles. The topological polar surface area (TPSA) is 113 Å². The number of hydrogen-bond acceptors (Lipinski definition) is 4. The van der Waals surface area contributed by atoms with Gasteiger partial charge in [-0.3, -0.25) is 4.79 Å². The largest absolute Gasteiger partial charge is 0.692 e. The number of carbonyl (C=O) groups excluding carboxylic acids is 2. The fourth-order valence-corrected chi connectivity index (χ4v) is 0.299. The van der Waals surface area contributed by atoms with Gasteiger partial charge in [-0.05, 0) is 6.92 Å². The first-order valence-corrected chi connectivity index (χ1v) is 4.36. The standard InChI is InChI=1S/C5H9NO3.HO3P/c1-3-9-5(8)4(7)6-2;1-4(2)3/h3H2,1-2H3,(H,6,7);(H-,1,2,3)/p+1. The first-order valence-electron chi connectivity index (χ1n) is 3.19. The quantitative estimate of drug-likeness (QED) is 0.289.